The zero-order chi connectivity index (χ0) is 17.6. The quantitative estimate of drug-likeness (QED) is 0.447. The molecular weight excluding hydrogens is 404 g/mol. The van der Waals surface area contributed by atoms with Crippen molar-refractivity contribution in [2.24, 2.45) is 0 Å². The van der Waals surface area contributed by atoms with E-state index in [9.17, 15) is 4.79 Å². The molecule has 128 valence electrons. The summed E-state index contributed by atoms with van der Waals surface area (Å²) in [6.45, 7) is 2.11. The molecule has 1 aromatic heterocycles. The van der Waals surface area contributed by atoms with Gasteiger partial charge in [0.15, 0.2) is 0 Å². The van der Waals surface area contributed by atoms with Crippen LogP contribution in [0.5, 0.6) is 0 Å². The van der Waals surface area contributed by atoms with Gasteiger partial charge in [0.05, 0.1) is 12.3 Å². The van der Waals surface area contributed by atoms with E-state index in [2.05, 4.69) is 31.5 Å². The molecule has 0 fully saturated rings. The fourth-order valence-electron chi connectivity index (χ4n) is 2.20. The predicted molar refractivity (Wildman–Crippen MR) is 98.5 cm³/mol. The summed E-state index contributed by atoms with van der Waals surface area (Å²) in [6.07, 6.45) is 0. The second-order valence-corrected chi connectivity index (χ2v) is 7.00. The maximum Gasteiger partial charge on any atom is 0.324 e. The number of ether oxygens (including phenoxy) is 1. The van der Waals surface area contributed by atoms with E-state index in [4.69, 9.17) is 4.74 Å². The summed E-state index contributed by atoms with van der Waals surface area (Å²) in [5, 5.41) is 11.8. The molecule has 8 heteroatoms. The second kappa shape index (κ2) is 8.26. The highest BCUT2D eigenvalue weighted by atomic mass is 79.9. The molecule has 0 radical (unpaired) electrons. The third-order valence-corrected chi connectivity index (χ3v) is 5.03. The van der Waals surface area contributed by atoms with E-state index >= 15 is 0 Å². The van der Waals surface area contributed by atoms with Gasteiger partial charge in [0.25, 0.3) is 0 Å². The first-order valence-corrected chi connectivity index (χ1v) is 9.29. The minimum absolute atomic E-state index is 0.316. The van der Waals surface area contributed by atoms with Gasteiger partial charge in [0, 0.05) is 4.47 Å². The van der Waals surface area contributed by atoms with Gasteiger partial charge in [-0.05, 0) is 47.2 Å². The summed E-state index contributed by atoms with van der Waals surface area (Å²) < 4.78 is 7.79. The van der Waals surface area contributed by atoms with Crippen LogP contribution in [-0.4, -0.2) is 32.8 Å². The van der Waals surface area contributed by atoms with Crippen LogP contribution in [0.15, 0.2) is 64.2 Å². The standard InChI is InChI=1S/C17H15BrN4O2S/c1-2-24-16(23)15(12-6-4-3-5-7-12)25-17-19-20-21-22(17)14-10-8-13(18)9-11-14/h3-11,15H,2H2,1H3. The van der Waals surface area contributed by atoms with Crippen LogP contribution in [-0.2, 0) is 9.53 Å². The van der Waals surface area contributed by atoms with E-state index < -0.39 is 5.25 Å². The van der Waals surface area contributed by atoms with Gasteiger partial charge in [-0.3, -0.25) is 4.79 Å². The molecule has 3 aromatic rings. The van der Waals surface area contributed by atoms with E-state index in [-0.39, 0.29) is 5.97 Å². The van der Waals surface area contributed by atoms with Crippen molar-refractivity contribution in [3.05, 3.63) is 64.6 Å². The topological polar surface area (TPSA) is 69.9 Å². The van der Waals surface area contributed by atoms with Crippen LogP contribution in [0.2, 0.25) is 0 Å². The van der Waals surface area contributed by atoms with Gasteiger partial charge in [-0.2, -0.15) is 4.68 Å². The van der Waals surface area contributed by atoms with Crippen LogP contribution >= 0.6 is 27.7 Å². The summed E-state index contributed by atoms with van der Waals surface area (Å²) in [6, 6.07) is 17.1. The van der Waals surface area contributed by atoms with E-state index in [1.807, 2.05) is 54.6 Å². The van der Waals surface area contributed by atoms with Crippen LogP contribution in [0.3, 0.4) is 0 Å². The number of carbonyl (C=O) groups is 1. The molecule has 1 atom stereocenters. The Kier molecular flexibility index (Phi) is 5.83. The van der Waals surface area contributed by atoms with Gasteiger partial charge in [-0.1, -0.05) is 58.0 Å². The Morgan fingerprint density at radius 1 is 1.20 bits per heavy atom. The first-order valence-electron chi connectivity index (χ1n) is 7.61. The maximum absolute atomic E-state index is 12.4. The summed E-state index contributed by atoms with van der Waals surface area (Å²) in [7, 11) is 0. The molecule has 0 aliphatic rings. The lowest BCUT2D eigenvalue weighted by Crippen LogP contribution is -2.14. The third kappa shape index (κ3) is 4.26. The molecule has 1 heterocycles. The van der Waals surface area contributed by atoms with E-state index in [0.29, 0.717) is 11.8 Å². The van der Waals surface area contributed by atoms with Crippen LogP contribution < -0.4 is 0 Å². The highest BCUT2D eigenvalue weighted by molar-refractivity contribution is 9.10. The number of halogens is 1. The van der Waals surface area contributed by atoms with E-state index in [1.54, 1.807) is 11.6 Å². The number of thioether (sulfide) groups is 1. The predicted octanol–water partition coefficient (Wildman–Crippen LogP) is 3.82. The molecule has 2 aromatic carbocycles. The Hall–Kier alpha value is -2.19. The Balaban J connectivity index is 1.92. The second-order valence-electron chi connectivity index (χ2n) is 5.01. The molecule has 0 bridgehead atoms. The number of tetrazole rings is 1. The molecule has 0 spiro atoms. The normalized spacial score (nSPS) is 11.9. The number of benzene rings is 2. The molecule has 0 aliphatic carbocycles. The van der Waals surface area contributed by atoms with E-state index in [0.717, 1.165) is 15.7 Å². The smallest absolute Gasteiger partial charge is 0.324 e. The Morgan fingerprint density at radius 3 is 2.60 bits per heavy atom. The van der Waals surface area contributed by atoms with Gasteiger partial charge >= 0.3 is 5.97 Å². The average Bonchev–Trinajstić information content (AvgIpc) is 3.09. The number of rotatable bonds is 6. The van der Waals surface area contributed by atoms with Gasteiger partial charge < -0.3 is 4.74 Å². The lowest BCUT2D eigenvalue weighted by Gasteiger charge is -2.15. The lowest BCUT2D eigenvalue weighted by molar-refractivity contribution is -0.142. The number of esters is 1. The van der Waals surface area contributed by atoms with Gasteiger partial charge in [-0.25, -0.2) is 0 Å². The maximum atomic E-state index is 12.4. The number of hydrogen-bond donors (Lipinski definition) is 0. The minimum Gasteiger partial charge on any atom is -0.465 e. The molecular formula is C17H15BrN4O2S. The summed E-state index contributed by atoms with van der Waals surface area (Å²) in [5.41, 5.74) is 1.66. The molecule has 0 saturated heterocycles. The molecule has 0 N–H and O–H groups in total. The first kappa shape index (κ1) is 17.6. The Bertz CT molecular complexity index is 839. The van der Waals surface area contributed by atoms with Crippen LogP contribution in [0.25, 0.3) is 5.69 Å². The largest absolute Gasteiger partial charge is 0.465 e. The average molecular weight is 419 g/mol. The highest BCUT2D eigenvalue weighted by Gasteiger charge is 2.26. The summed E-state index contributed by atoms with van der Waals surface area (Å²) in [5.74, 6) is -0.316. The van der Waals surface area contributed by atoms with Crippen molar-refractivity contribution in [3.63, 3.8) is 0 Å². The lowest BCUT2D eigenvalue weighted by atomic mass is 10.1. The highest BCUT2D eigenvalue weighted by Crippen LogP contribution is 2.35. The Morgan fingerprint density at radius 2 is 1.92 bits per heavy atom. The summed E-state index contributed by atoms with van der Waals surface area (Å²) >= 11 is 4.67. The summed E-state index contributed by atoms with van der Waals surface area (Å²) in [4.78, 5) is 12.4. The van der Waals surface area contributed by atoms with Crippen molar-refractivity contribution in [2.75, 3.05) is 6.61 Å². The van der Waals surface area contributed by atoms with Crippen molar-refractivity contribution in [1.82, 2.24) is 20.2 Å². The zero-order valence-corrected chi connectivity index (χ0v) is 15.8. The fraction of sp³-hybridized carbons (Fsp3) is 0.176. The SMILES string of the molecule is CCOC(=O)C(Sc1nnnn1-c1ccc(Br)cc1)c1ccccc1. The molecule has 6 nitrogen and oxygen atoms in total. The van der Waals surface area contributed by atoms with Gasteiger partial charge in [-0.15, -0.1) is 5.10 Å². The van der Waals surface area contributed by atoms with Crippen molar-refractivity contribution in [2.45, 2.75) is 17.3 Å². The molecule has 0 saturated carbocycles. The Labute approximate surface area is 157 Å². The van der Waals surface area contributed by atoms with Gasteiger partial charge in [0.1, 0.15) is 5.25 Å². The van der Waals surface area contributed by atoms with Crippen molar-refractivity contribution in [3.8, 4) is 5.69 Å². The number of nitrogens with zero attached hydrogens (tertiary/aromatic N) is 4. The minimum atomic E-state index is -0.540. The van der Waals surface area contributed by atoms with E-state index in [1.165, 1.54) is 11.8 Å². The number of aromatic nitrogens is 4. The van der Waals surface area contributed by atoms with Crippen molar-refractivity contribution in [1.29, 1.82) is 0 Å². The molecule has 0 amide bonds. The fourth-order valence-corrected chi connectivity index (χ4v) is 3.46. The first-order chi connectivity index (χ1) is 12.2. The van der Waals surface area contributed by atoms with Gasteiger partial charge in [0.2, 0.25) is 5.16 Å². The van der Waals surface area contributed by atoms with Crippen LogP contribution in [0.1, 0.15) is 17.7 Å². The number of carbonyl (C=O) groups excluding carboxylic acids is 1. The monoisotopic (exact) mass is 418 g/mol. The van der Waals surface area contributed by atoms with Crippen LogP contribution in [0.4, 0.5) is 0 Å². The third-order valence-electron chi connectivity index (χ3n) is 3.34. The molecule has 0 aliphatic heterocycles. The van der Waals surface area contributed by atoms with Crippen LogP contribution in [0, 0.1) is 0 Å². The molecule has 1 unspecified atom stereocenters. The van der Waals surface area contributed by atoms with Crippen molar-refractivity contribution >= 4 is 33.7 Å². The number of hydrogen-bond acceptors (Lipinski definition) is 6. The molecule has 25 heavy (non-hydrogen) atoms. The van der Waals surface area contributed by atoms with Crippen molar-refractivity contribution < 1.29 is 9.53 Å². The molecule has 3 rings (SSSR count). The zero-order valence-electron chi connectivity index (χ0n) is 13.4.